The van der Waals surface area contributed by atoms with Gasteiger partial charge in [-0.05, 0) is 25.5 Å². The molecule has 19 heavy (non-hydrogen) atoms. The van der Waals surface area contributed by atoms with Gasteiger partial charge in [0.25, 0.3) is 5.91 Å². The van der Waals surface area contributed by atoms with E-state index in [0.717, 1.165) is 17.3 Å². The highest BCUT2D eigenvalue weighted by molar-refractivity contribution is 6.17. The zero-order valence-corrected chi connectivity index (χ0v) is 11.7. The number of halogens is 1. The summed E-state index contributed by atoms with van der Waals surface area (Å²) in [5.41, 5.74) is 1.42. The van der Waals surface area contributed by atoms with Crippen molar-refractivity contribution in [2.45, 2.75) is 13.3 Å². The topological polar surface area (TPSA) is 33.2 Å². The summed E-state index contributed by atoms with van der Waals surface area (Å²) in [5, 5.41) is 0.988. The van der Waals surface area contributed by atoms with Crippen LogP contribution in [0, 0.1) is 0 Å². The van der Waals surface area contributed by atoms with Crippen LogP contribution in [0.4, 0.5) is 0 Å². The molecule has 1 heterocycles. The smallest absolute Gasteiger partial charge is 0.256 e. The summed E-state index contributed by atoms with van der Waals surface area (Å²) in [4.78, 5) is 18.7. The predicted molar refractivity (Wildman–Crippen MR) is 78.7 cm³/mol. The third-order valence-corrected chi connectivity index (χ3v) is 3.36. The molecule has 0 saturated carbocycles. The first-order valence-electron chi connectivity index (χ1n) is 6.47. The quantitative estimate of drug-likeness (QED) is 0.785. The number of carbonyl (C=O) groups is 1. The van der Waals surface area contributed by atoms with Crippen molar-refractivity contribution in [3.8, 4) is 0 Å². The zero-order chi connectivity index (χ0) is 13.7. The SMILES string of the molecule is CCN(CCCCl)C(=O)c1cccc2cccnc12. The maximum Gasteiger partial charge on any atom is 0.256 e. The van der Waals surface area contributed by atoms with Gasteiger partial charge in [0, 0.05) is 30.6 Å². The molecular weight excluding hydrogens is 260 g/mol. The van der Waals surface area contributed by atoms with Crippen molar-refractivity contribution >= 4 is 28.4 Å². The molecule has 0 radical (unpaired) electrons. The molecule has 0 unspecified atom stereocenters. The van der Waals surface area contributed by atoms with Gasteiger partial charge in [-0.3, -0.25) is 9.78 Å². The lowest BCUT2D eigenvalue weighted by atomic mass is 10.1. The average molecular weight is 277 g/mol. The number of benzene rings is 1. The van der Waals surface area contributed by atoms with Gasteiger partial charge >= 0.3 is 0 Å². The minimum Gasteiger partial charge on any atom is -0.339 e. The van der Waals surface area contributed by atoms with E-state index < -0.39 is 0 Å². The van der Waals surface area contributed by atoms with Crippen LogP contribution in [0.5, 0.6) is 0 Å². The van der Waals surface area contributed by atoms with Crippen LogP contribution in [-0.2, 0) is 0 Å². The molecule has 2 rings (SSSR count). The third-order valence-electron chi connectivity index (χ3n) is 3.09. The Hall–Kier alpha value is -1.61. The second-order valence-electron chi connectivity index (χ2n) is 4.31. The molecule has 3 nitrogen and oxygen atoms in total. The lowest BCUT2D eigenvalue weighted by Crippen LogP contribution is -2.32. The number of alkyl halides is 1. The standard InChI is InChI=1S/C15H17ClN2O/c1-2-18(11-5-9-16)15(19)13-8-3-6-12-7-4-10-17-14(12)13/h3-4,6-8,10H,2,5,9,11H2,1H3. The Labute approximate surface area is 118 Å². The maximum atomic E-state index is 12.5. The molecule has 1 aromatic carbocycles. The molecule has 0 atom stereocenters. The monoisotopic (exact) mass is 276 g/mol. The van der Waals surface area contributed by atoms with E-state index in [0.29, 0.717) is 24.5 Å². The van der Waals surface area contributed by atoms with Crippen LogP contribution in [0.25, 0.3) is 10.9 Å². The van der Waals surface area contributed by atoms with Gasteiger partial charge in [-0.2, -0.15) is 0 Å². The molecule has 0 aliphatic heterocycles. The largest absolute Gasteiger partial charge is 0.339 e. The second kappa shape index (κ2) is 6.53. The Morgan fingerprint density at radius 2 is 2.11 bits per heavy atom. The fraction of sp³-hybridized carbons (Fsp3) is 0.333. The van der Waals surface area contributed by atoms with Gasteiger partial charge in [0.2, 0.25) is 0 Å². The molecule has 100 valence electrons. The fourth-order valence-electron chi connectivity index (χ4n) is 2.10. The van der Waals surface area contributed by atoms with Gasteiger partial charge < -0.3 is 4.90 Å². The highest BCUT2D eigenvalue weighted by Crippen LogP contribution is 2.17. The van der Waals surface area contributed by atoms with Crippen molar-refractivity contribution in [3.63, 3.8) is 0 Å². The molecule has 0 N–H and O–H groups in total. The molecule has 0 aliphatic carbocycles. The van der Waals surface area contributed by atoms with Crippen LogP contribution in [0.1, 0.15) is 23.7 Å². The van der Waals surface area contributed by atoms with Gasteiger partial charge in [0.05, 0.1) is 11.1 Å². The van der Waals surface area contributed by atoms with Crippen molar-refractivity contribution in [1.82, 2.24) is 9.88 Å². The minimum absolute atomic E-state index is 0.0249. The number of fused-ring (bicyclic) bond motifs is 1. The van der Waals surface area contributed by atoms with Gasteiger partial charge in [0.15, 0.2) is 0 Å². The number of aromatic nitrogens is 1. The number of pyridine rings is 1. The third kappa shape index (κ3) is 3.04. The molecule has 0 fully saturated rings. The summed E-state index contributed by atoms with van der Waals surface area (Å²) >= 11 is 5.70. The Morgan fingerprint density at radius 1 is 1.32 bits per heavy atom. The Balaban J connectivity index is 2.35. The normalized spacial score (nSPS) is 10.6. The molecule has 0 bridgehead atoms. The Bertz CT molecular complexity index is 566. The summed E-state index contributed by atoms with van der Waals surface area (Å²) < 4.78 is 0. The van der Waals surface area contributed by atoms with Crippen LogP contribution in [0.15, 0.2) is 36.5 Å². The Kier molecular flexibility index (Phi) is 4.74. The van der Waals surface area contributed by atoms with Crippen molar-refractivity contribution in [1.29, 1.82) is 0 Å². The summed E-state index contributed by atoms with van der Waals surface area (Å²) in [7, 11) is 0. The highest BCUT2D eigenvalue weighted by atomic mass is 35.5. The summed E-state index contributed by atoms with van der Waals surface area (Å²) in [6.45, 7) is 3.34. The van der Waals surface area contributed by atoms with Crippen LogP contribution in [0.3, 0.4) is 0 Å². The maximum absolute atomic E-state index is 12.5. The van der Waals surface area contributed by atoms with Crippen LogP contribution in [-0.4, -0.2) is 34.8 Å². The average Bonchev–Trinajstić information content (AvgIpc) is 2.47. The zero-order valence-electron chi connectivity index (χ0n) is 11.0. The van der Waals surface area contributed by atoms with Crippen molar-refractivity contribution in [2.24, 2.45) is 0 Å². The van der Waals surface area contributed by atoms with Gasteiger partial charge in [-0.25, -0.2) is 0 Å². The van der Waals surface area contributed by atoms with E-state index in [4.69, 9.17) is 11.6 Å². The molecule has 1 aromatic heterocycles. The minimum atomic E-state index is 0.0249. The fourth-order valence-corrected chi connectivity index (χ4v) is 2.22. The van der Waals surface area contributed by atoms with E-state index >= 15 is 0 Å². The van der Waals surface area contributed by atoms with E-state index in [1.165, 1.54) is 0 Å². The molecule has 0 aliphatic rings. The van der Waals surface area contributed by atoms with Crippen LogP contribution < -0.4 is 0 Å². The number of hydrogen-bond acceptors (Lipinski definition) is 2. The summed E-state index contributed by atoms with van der Waals surface area (Å²) in [5.74, 6) is 0.592. The molecule has 1 amide bonds. The first-order valence-corrected chi connectivity index (χ1v) is 7.00. The molecular formula is C15H17ClN2O. The van der Waals surface area contributed by atoms with Gasteiger partial charge in [-0.15, -0.1) is 11.6 Å². The lowest BCUT2D eigenvalue weighted by molar-refractivity contribution is 0.0766. The second-order valence-corrected chi connectivity index (χ2v) is 4.69. The summed E-state index contributed by atoms with van der Waals surface area (Å²) in [6.07, 6.45) is 2.52. The number of para-hydroxylation sites is 1. The number of amides is 1. The number of hydrogen-bond donors (Lipinski definition) is 0. The molecule has 4 heteroatoms. The first kappa shape index (κ1) is 13.8. The summed E-state index contributed by atoms with van der Waals surface area (Å²) in [6, 6.07) is 9.54. The predicted octanol–water partition coefficient (Wildman–Crippen LogP) is 3.33. The van der Waals surface area contributed by atoms with Crippen LogP contribution in [0.2, 0.25) is 0 Å². The highest BCUT2D eigenvalue weighted by Gasteiger charge is 2.16. The van der Waals surface area contributed by atoms with Gasteiger partial charge in [0.1, 0.15) is 0 Å². The van der Waals surface area contributed by atoms with Crippen molar-refractivity contribution in [3.05, 3.63) is 42.1 Å². The van der Waals surface area contributed by atoms with E-state index in [-0.39, 0.29) is 5.91 Å². The van der Waals surface area contributed by atoms with Gasteiger partial charge in [-0.1, -0.05) is 18.2 Å². The van der Waals surface area contributed by atoms with E-state index in [1.54, 1.807) is 6.20 Å². The van der Waals surface area contributed by atoms with Crippen LogP contribution >= 0.6 is 11.6 Å². The van der Waals surface area contributed by atoms with Crippen molar-refractivity contribution < 1.29 is 4.79 Å². The van der Waals surface area contributed by atoms with Crippen molar-refractivity contribution in [2.75, 3.05) is 19.0 Å². The van der Waals surface area contributed by atoms with E-state index in [2.05, 4.69) is 4.98 Å². The molecule has 2 aromatic rings. The molecule has 0 saturated heterocycles. The lowest BCUT2D eigenvalue weighted by Gasteiger charge is -2.21. The molecule has 0 spiro atoms. The number of carbonyl (C=O) groups excluding carboxylic acids is 1. The number of rotatable bonds is 5. The number of nitrogens with zero attached hydrogens (tertiary/aromatic N) is 2. The van der Waals surface area contributed by atoms with E-state index in [1.807, 2.05) is 42.2 Å². The first-order chi connectivity index (χ1) is 9.27. The Morgan fingerprint density at radius 3 is 2.84 bits per heavy atom. The van der Waals surface area contributed by atoms with E-state index in [9.17, 15) is 4.79 Å².